The van der Waals surface area contributed by atoms with Gasteiger partial charge in [0.15, 0.2) is 0 Å². The van der Waals surface area contributed by atoms with Gasteiger partial charge in [0.2, 0.25) is 0 Å². The summed E-state index contributed by atoms with van der Waals surface area (Å²) in [7, 11) is -4.11. The van der Waals surface area contributed by atoms with Crippen molar-refractivity contribution in [1.29, 1.82) is 0 Å². The van der Waals surface area contributed by atoms with Gasteiger partial charge in [0, 0.05) is 35.9 Å². The number of rotatable bonds is 9. The summed E-state index contributed by atoms with van der Waals surface area (Å²) in [6, 6.07) is 10.1. The normalized spacial score (nSPS) is 14.1. The molecule has 222 valence electrons. The van der Waals surface area contributed by atoms with Gasteiger partial charge >= 0.3 is 11.7 Å². The van der Waals surface area contributed by atoms with Crippen molar-refractivity contribution in [3.8, 4) is 5.69 Å². The zero-order valence-electron chi connectivity index (χ0n) is 22.6. The van der Waals surface area contributed by atoms with E-state index in [-0.39, 0.29) is 21.0 Å². The number of urea groups is 1. The van der Waals surface area contributed by atoms with Crippen LogP contribution >= 0.6 is 11.3 Å². The van der Waals surface area contributed by atoms with Crippen LogP contribution in [-0.2, 0) is 14.8 Å². The number of ether oxygens (including phenoxy) is 1. The number of benzene rings is 2. The number of anilines is 2. The molecule has 0 atom stereocenters. The Hall–Kier alpha value is -4.05. The minimum Gasteiger partial charge on any atom is -0.385 e. The van der Waals surface area contributed by atoms with Gasteiger partial charge in [-0.3, -0.25) is 9.69 Å². The van der Waals surface area contributed by atoms with E-state index in [1.165, 1.54) is 12.1 Å². The number of aryl methyl sites for hydroxylation is 1. The molecule has 0 bridgehead atoms. The molecule has 15 heteroatoms. The Labute approximate surface area is 244 Å². The first-order chi connectivity index (χ1) is 20.1. The predicted molar refractivity (Wildman–Crippen MR) is 159 cm³/mol. The van der Waals surface area contributed by atoms with Crippen molar-refractivity contribution < 1.29 is 22.3 Å². The molecule has 0 spiro atoms. The minimum absolute atomic E-state index is 0.0433. The van der Waals surface area contributed by atoms with Crippen molar-refractivity contribution in [2.75, 3.05) is 50.0 Å². The Balaban J connectivity index is 1.28. The summed E-state index contributed by atoms with van der Waals surface area (Å²) in [6.45, 7) is 6.68. The van der Waals surface area contributed by atoms with E-state index in [0.717, 1.165) is 73.3 Å². The van der Waals surface area contributed by atoms with Crippen molar-refractivity contribution in [2.45, 2.75) is 17.6 Å². The topological polar surface area (TPSA) is 155 Å². The molecule has 4 aromatic rings. The van der Waals surface area contributed by atoms with Gasteiger partial charge in [0.1, 0.15) is 10.0 Å². The fourth-order valence-electron chi connectivity index (χ4n) is 4.56. The highest BCUT2D eigenvalue weighted by Gasteiger charge is 2.20. The average Bonchev–Trinajstić information content (AvgIpc) is 3.40. The Bertz CT molecular complexity index is 1850. The molecule has 1 fully saturated rings. The highest BCUT2D eigenvalue weighted by atomic mass is 32.2. The quantitative estimate of drug-likeness (QED) is 0.209. The van der Waals surface area contributed by atoms with Crippen molar-refractivity contribution in [2.24, 2.45) is 0 Å². The van der Waals surface area contributed by atoms with Gasteiger partial charge in [-0.25, -0.2) is 31.7 Å². The monoisotopic (exact) mass is 616 g/mol. The van der Waals surface area contributed by atoms with E-state index in [4.69, 9.17) is 4.74 Å². The summed E-state index contributed by atoms with van der Waals surface area (Å²) < 4.78 is 47.7. The maximum Gasteiger partial charge on any atom is 0.333 e. The van der Waals surface area contributed by atoms with Crippen LogP contribution in [0.1, 0.15) is 11.3 Å². The van der Waals surface area contributed by atoms with Gasteiger partial charge in [-0.1, -0.05) is 0 Å². The fraction of sp³-hybridized carbons (Fsp3) is 0.296. The lowest BCUT2D eigenvalue weighted by molar-refractivity contribution is 0.0378. The first kappa shape index (κ1) is 29.4. The Morgan fingerprint density at radius 3 is 2.55 bits per heavy atom. The van der Waals surface area contributed by atoms with Gasteiger partial charge in [0.25, 0.3) is 15.6 Å². The van der Waals surface area contributed by atoms with Crippen LogP contribution < -0.4 is 26.6 Å². The zero-order chi connectivity index (χ0) is 29.9. The molecule has 1 aliphatic heterocycles. The second kappa shape index (κ2) is 12.4. The predicted octanol–water partition coefficient (Wildman–Crippen LogP) is 2.83. The van der Waals surface area contributed by atoms with Crippen molar-refractivity contribution in [3.63, 3.8) is 0 Å². The summed E-state index contributed by atoms with van der Waals surface area (Å²) in [5, 5.41) is 5.72. The number of carbonyl (C=O) groups excluding carboxylic acids is 1. The second-order valence-corrected chi connectivity index (χ2v) is 12.9. The van der Waals surface area contributed by atoms with Crippen LogP contribution in [0.5, 0.6) is 0 Å². The van der Waals surface area contributed by atoms with Crippen LogP contribution in [0.25, 0.3) is 16.6 Å². The van der Waals surface area contributed by atoms with Crippen molar-refractivity contribution in [3.05, 3.63) is 80.1 Å². The zero-order valence-corrected chi connectivity index (χ0v) is 24.2. The number of carbonyl (C=O) groups is 1. The molecule has 3 heterocycles. The lowest BCUT2D eigenvalue weighted by atomic mass is 10.2. The highest BCUT2D eigenvalue weighted by molar-refractivity contribution is 7.92. The molecular formula is C27H29FN6O6S2. The Kier molecular flexibility index (Phi) is 8.72. The van der Waals surface area contributed by atoms with E-state index < -0.39 is 33.1 Å². The molecule has 2 aromatic heterocycles. The molecule has 5 rings (SSSR count). The van der Waals surface area contributed by atoms with Gasteiger partial charge in [0.05, 0.1) is 29.8 Å². The summed E-state index contributed by atoms with van der Waals surface area (Å²) in [4.78, 5) is 44.1. The molecule has 4 N–H and O–H groups in total. The summed E-state index contributed by atoms with van der Waals surface area (Å²) >= 11 is 0.994. The summed E-state index contributed by atoms with van der Waals surface area (Å²) in [6.07, 6.45) is 0.909. The number of H-pyrrole nitrogens is 1. The lowest BCUT2D eigenvalue weighted by Crippen LogP contribution is -2.37. The molecule has 42 heavy (non-hydrogen) atoms. The minimum atomic E-state index is -4.11. The number of morpholine rings is 1. The number of fused-ring (bicyclic) bond motifs is 1. The first-order valence-corrected chi connectivity index (χ1v) is 15.4. The summed E-state index contributed by atoms with van der Waals surface area (Å²) in [5.41, 5.74) is -0.943. The number of sulfonamides is 1. The number of halogens is 1. The molecule has 1 saturated heterocycles. The molecule has 0 radical (unpaired) electrons. The van der Waals surface area contributed by atoms with E-state index in [9.17, 15) is 22.8 Å². The van der Waals surface area contributed by atoms with Gasteiger partial charge in [-0.05, 0) is 68.4 Å². The second-order valence-electron chi connectivity index (χ2n) is 9.66. The molecule has 2 amide bonds. The van der Waals surface area contributed by atoms with Crippen molar-refractivity contribution >= 4 is 49.7 Å². The maximum absolute atomic E-state index is 15.1. The number of hydrogen-bond acceptors (Lipinski definition) is 9. The standard InChI is InChI=1S/C27H29FN6O6S2/c1-17-3-8-24(41-17)42(38,39)32-26(36)30-19-5-7-23(21(28)15-19)34-25(35)20-6-4-18(16-22(20)31-27(34)37)29-9-2-10-33-11-13-40-14-12-33/h3-8,15-16,29H,2,9-14H2,1H3,(H,31,37)(H2,30,32,36). The molecule has 0 unspecified atom stereocenters. The molecular weight excluding hydrogens is 587 g/mol. The largest absolute Gasteiger partial charge is 0.385 e. The van der Waals surface area contributed by atoms with E-state index in [0.29, 0.717) is 16.6 Å². The Morgan fingerprint density at radius 1 is 1.07 bits per heavy atom. The number of nitrogens with zero attached hydrogens (tertiary/aromatic N) is 2. The fourth-order valence-corrected chi connectivity index (χ4v) is 6.75. The highest BCUT2D eigenvalue weighted by Crippen LogP contribution is 2.21. The average molecular weight is 617 g/mol. The van der Waals surface area contributed by atoms with Crippen LogP contribution in [0.3, 0.4) is 0 Å². The third-order valence-electron chi connectivity index (χ3n) is 6.64. The van der Waals surface area contributed by atoms with Gasteiger partial charge in [-0.2, -0.15) is 0 Å². The SMILES string of the molecule is Cc1ccc(S(=O)(=O)NC(=O)Nc2ccc(-n3c(=O)[nH]c4cc(NCCCN5CCOCC5)ccc4c3=O)c(F)c2)s1. The van der Waals surface area contributed by atoms with E-state index in [1.54, 1.807) is 31.2 Å². The van der Waals surface area contributed by atoms with Crippen LogP contribution in [0, 0.1) is 12.7 Å². The smallest absolute Gasteiger partial charge is 0.333 e. The molecule has 2 aromatic carbocycles. The molecule has 12 nitrogen and oxygen atoms in total. The third kappa shape index (κ3) is 6.70. The number of amides is 2. The number of hydrogen-bond donors (Lipinski definition) is 4. The molecule has 0 saturated carbocycles. The van der Waals surface area contributed by atoms with Crippen LogP contribution in [-0.4, -0.2) is 68.3 Å². The number of thiophene rings is 1. The lowest BCUT2D eigenvalue weighted by Gasteiger charge is -2.26. The van der Waals surface area contributed by atoms with E-state index in [1.807, 2.05) is 4.72 Å². The van der Waals surface area contributed by atoms with Gasteiger partial charge < -0.3 is 20.4 Å². The number of aromatic amines is 1. The molecule has 0 aliphatic carbocycles. The van der Waals surface area contributed by atoms with E-state index in [2.05, 4.69) is 20.5 Å². The molecule has 1 aliphatic rings. The van der Waals surface area contributed by atoms with Crippen molar-refractivity contribution in [1.82, 2.24) is 19.2 Å². The van der Waals surface area contributed by atoms with Gasteiger partial charge in [-0.15, -0.1) is 11.3 Å². The van der Waals surface area contributed by atoms with Crippen LogP contribution in [0.2, 0.25) is 0 Å². The van der Waals surface area contributed by atoms with E-state index >= 15 is 4.39 Å². The van der Waals surface area contributed by atoms with Crippen LogP contribution in [0.15, 0.2) is 62.3 Å². The van der Waals surface area contributed by atoms with Crippen LogP contribution in [0.4, 0.5) is 20.6 Å². The third-order valence-corrected chi connectivity index (χ3v) is 9.46. The summed E-state index contributed by atoms with van der Waals surface area (Å²) in [5.74, 6) is -0.977. The maximum atomic E-state index is 15.1. The number of nitrogens with one attached hydrogen (secondary N) is 4. The first-order valence-electron chi connectivity index (χ1n) is 13.1. The Morgan fingerprint density at radius 2 is 1.83 bits per heavy atom. The number of aromatic nitrogens is 2.